The molecule has 4 heteroatoms. The van der Waals surface area contributed by atoms with Crippen LogP contribution in [0, 0.1) is 27.7 Å². The first-order chi connectivity index (χ1) is 29.4. The highest BCUT2D eigenvalue weighted by atomic mass is 15.0. The summed E-state index contributed by atoms with van der Waals surface area (Å²) in [7, 11) is 0. The first-order valence-electron chi connectivity index (χ1n) is 20.7. The maximum Gasteiger partial charge on any atom is 0.160 e. The SMILES string of the molecule is Cc1ccccc1-c1cc(-c2c(C)cc(-c3ccc(-n4c5ccccc5c5cc(-n6c7ccccc7c7ccccc76)ccc54)cc3)cc2C)nc(-c2ccccc2C)n1. The molecule has 3 aromatic heterocycles. The Morgan fingerprint density at radius 3 is 1.40 bits per heavy atom. The van der Waals surface area contributed by atoms with E-state index in [4.69, 9.17) is 9.97 Å². The van der Waals surface area contributed by atoms with Gasteiger partial charge >= 0.3 is 0 Å². The van der Waals surface area contributed by atoms with Crippen molar-refractivity contribution in [2.24, 2.45) is 0 Å². The van der Waals surface area contributed by atoms with E-state index < -0.39 is 0 Å². The second-order valence-electron chi connectivity index (χ2n) is 16.0. The average molecular weight is 771 g/mol. The van der Waals surface area contributed by atoms with Crippen LogP contribution in [0.15, 0.2) is 182 Å². The van der Waals surface area contributed by atoms with Gasteiger partial charge in [0.25, 0.3) is 0 Å². The van der Waals surface area contributed by atoms with Crippen LogP contribution in [0.5, 0.6) is 0 Å². The molecule has 0 spiro atoms. The van der Waals surface area contributed by atoms with Crippen molar-refractivity contribution in [1.29, 1.82) is 0 Å². The van der Waals surface area contributed by atoms with Gasteiger partial charge in [0.2, 0.25) is 0 Å². The van der Waals surface area contributed by atoms with Crippen molar-refractivity contribution in [2.75, 3.05) is 0 Å². The fraction of sp³-hybridized carbons (Fsp3) is 0.0714. The summed E-state index contributed by atoms with van der Waals surface area (Å²) in [6.07, 6.45) is 0. The van der Waals surface area contributed by atoms with Crippen LogP contribution in [0.1, 0.15) is 22.3 Å². The zero-order valence-corrected chi connectivity index (χ0v) is 34.1. The fourth-order valence-corrected chi connectivity index (χ4v) is 9.43. The molecule has 0 radical (unpaired) electrons. The van der Waals surface area contributed by atoms with Crippen LogP contribution < -0.4 is 0 Å². The van der Waals surface area contributed by atoms with Gasteiger partial charge in [0.15, 0.2) is 5.82 Å². The Labute approximate surface area is 349 Å². The normalized spacial score (nSPS) is 11.7. The summed E-state index contributed by atoms with van der Waals surface area (Å²) in [6, 6.07) is 65.7. The number of rotatable bonds is 6. The molecule has 0 N–H and O–H groups in total. The lowest BCUT2D eigenvalue weighted by Gasteiger charge is -2.16. The van der Waals surface area contributed by atoms with E-state index in [1.807, 2.05) is 0 Å². The molecule has 286 valence electrons. The van der Waals surface area contributed by atoms with E-state index in [0.717, 1.165) is 50.8 Å². The summed E-state index contributed by atoms with van der Waals surface area (Å²) >= 11 is 0. The van der Waals surface area contributed by atoms with Crippen LogP contribution in [0.25, 0.3) is 100 Å². The van der Waals surface area contributed by atoms with Crippen LogP contribution in [0.3, 0.4) is 0 Å². The molecule has 0 saturated heterocycles. The predicted molar refractivity (Wildman–Crippen MR) is 251 cm³/mol. The van der Waals surface area contributed by atoms with Crippen molar-refractivity contribution in [2.45, 2.75) is 27.7 Å². The molecule has 0 aliphatic rings. The number of para-hydroxylation sites is 3. The molecular weight excluding hydrogens is 729 g/mol. The Morgan fingerprint density at radius 1 is 0.333 bits per heavy atom. The summed E-state index contributed by atoms with van der Waals surface area (Å²) in [5.74, 6) is 0.746. The first-order valence-corrected chi connectivity index (χ1v) is 20.7. The molecule has 0 fully saturated rings. The third-order valence-corrected chi connectivity index (χ3v) is 12.3. The monoisotopic (exact) mass is 770 g/mol. The van der Waals surface area contributed by atoms with Crippen molar-refractivity contribution in [3.05, 3.63) is 204 Å². The minimum atomic E-state index is 0.746. The lowest BCUT2D eigenvalue weighted by molar-refractivity contribution is 1.16. The van der Waals surface area contributed by atoms with Gasteiger partial charge < -0.3 is 9.13 Å². The summed E-state index contributed by atoms with van der Waals surface area (Å²) in [5.41, 5.74) is 19.4. The topological polar surface area (TPSA) is 35.6 Å². The minimum absolute atomic E-state index is 0.746. The first kappa shape index (κ1) is 35.6. The number of aromatic nitrogens is 4. The van der Waals surface area contributed by atoms with E-state index in [-0.39, 0.29) is 0 Å². The van der Waals surface area contributed by atoms with Gasteiger partial charge in [0.05, 0.1) is 33.5 Å². The van der Waals surface area contributed by atoms with E-state index in [1.165, 1.54) is 71.4 Å². The second kappa shape index (κ2) is 14.1. The third kappa shape index (κ3) is 5.75. The van der Waals surface area contributed by atoms with Crippen molar-refractivity contribution in [3.63, 3.8) is 0 Å². The molecule has 0 atom stereocenters. The van der Waals surface area contributed by atoms with Crippen LogP contribution in [-0.2, 0) is 0 Å². The van der Waals surface area contributed by atoms with Crippen molar-refractivity contribution < 1.29 is 0 Å². The molecule has 0 amide bonds. The summed E-state index contributed by atoms with van der Waals surface area (Å²) < 4.78 is 4.80. The summed E-state index contributed by atoms with van der Waals surface area (Å²) in [4.78, 5) is 10.4. The minimum Gasteiger partial charge on any atom is -0.309 e. The molecular formula is C56H42N4. The zero-order valence-electron chi connectivity index (χ0n) is 34.1. The van der Waals surface area contributed by atoms with Gasteiger partial charge in [-0.2, -0.15) is 0 Å². The molecule has 0 saturated carbocycles. The van der Waals surface area contributed by atoms with E-state index in [9.17, 15) is 0 Å². The molecule has 0 aliphatic heterocycles. The molecule has 8 aromatic carbocycles. The molecule has 11 aromatic rings. The van der Waals surface area contributed by atoms with E-state index >= 15 is 0 Å². The number of benzene rings is 8. The lowest BCUT2D eigenvalue weighted by atomic mass is 9.92. The molecule has 60 heavy (non-hydrogen) atoms. The average Bonchev–Trinajstić information content (AvgIpc) is 3.79. The van der Waals surface area contributed by atoms with Gasteiger partial charge in [-0.1, -0.05) is 127 Å². The fourth-order valence-electron chi connectivity index (χ4n) is 9.43. The standard InChI is InChI=1S/C56H42N4/c1-35-15-5-7-17-43(35)49-34-50(58-56(57-49)44-18-8-6-16-36(44)2)55-37(3)31-40(32-38(55)4)39-25-27-41(28-26-39)59-53-24-14-11-21-47(53)48-33-42(29-30-54(48)59)60-51-22-12-9-19-45(51)46-20-10-13-23-52(46)60/h5-34H,1-4H3. The van der Waals surface area contributed by atoms with Crippen molar-refractivity contribution in [3.8, 4) is 56.4 Å². The Morgan fingerprint density at radius 2 is 0.800 bits per heavy atom. The highest BCUT2D eigenvalue weighted by Gasteiger charge is 2.19. The van der Waals surface area contributed by atoms with Gasteiger partial charge in [-0.3, -0.25) is 0 Å². The summed E-state index contributed by atoms with van der Waals surface area (Å²) in [5, 5.41) is 5.01. The lowest BCUT2D eigenvalue weighted by Crippen LogP contribution is -2.00. The Kier molecular flexibility index (Phi) is 8.35. The Balaban J connectivity index is 0.985. The van der Waals surface area contributed by atoms with Gasteiger partial charge in [-0.25, -0.2) is 9.97 Å². The Bertz CT molecular complexity index is 3330. The maximum atomic E-state index is 5.23. The van der Waals surface area contributed by atoms with Crippen LogP contribution in [0.4, 0.5) is 0 Å². The highest BCUT2D eigenvalue weighted by molar-refractivity contribution is 6.12. The van der Waals surface area contributed by atoms with Gasteiger partial charge in [0, 0.05) is 49.6 Å². The quantitative estimate of drug-likeness (QED) is 0.169. The van der Waals surface area contributed by atoms with Crippen molar-refractivity contribution >= 4 is 43.6 Å². The maximum absolute atomic E-state index is 5.23. The molecule has 11 rings (SSSR count). The largest absolute Gasteiger partial charge is 0.309 e. The third-order valence-electron chi connectivity index (χ3n) is 12.3. The zero-order chi connectivity index (χ0) is 40.5. The molecule has 0 aliphatic carbocycles. The summed E-state index contributed by atoms with van der Waals surface area (Å²) in [6.45, 7) is 8.68. The molecule has 3 heterocycles. The van der Waals surface area contributed by atoms with E-state index in [1.54, 1.807) is 0 Å². The van der Waals surface area contributed by atoms with Crippen LogP contribution in [-0.4, -0.2) is 19.1 Å². The van der Waals surface area contributed by atoms with Gasteiger partial charge in [-0.05, 0) is 116 Å². The highest BCUT2D eigenvalue weighted by Crippen LogP contribution is 2.39. The number of nitrogens with zero attached hydrogens (tertiary/aromatic N) is 4. The molecule has 0 unspecified atom stereocenters. The van der Waals surface area contributed by atoms with Crippen molar-refractivity contribution in [1.82, 2.24) is 19.1 Å². The Hall–Kier alpha value is -7.56. The molecule has 0 bridgehead atoms. The van der Waals surface area contributed by atoms with Gasteiger partial charge in [0.1, 0.15) is 0 Å². The smallest absolute Gasteiger partial charge is 0.160 e. The number of aryl methyl sites for hydroxylation is 4. The van der Waals surface area contributed by atoms with Gasteiger partial charge in [-0.15, -0.1) is 0 Å². The number of hydrogen-bond acceptors (Lipinski definition) is 2. The number of hydrogen-bond donors (Lipinski definition) is 0. The van der Waals surface area contributed by atoms with Crippen LogP contribution in [0.2, 0.25) is 0 Å². The number of fused-ring (bicyclic) bond motifs is 6. The van der Waals surface area contributed by atoms with E-state index in [0.29, 0.717) is 0 Å². The van der Waals surface area contributed by atoms with E-state index in [2.05, 4.69) is 219 Å². The van der Waals surface area contributed by atoms with Crippen LogP contribution >= 0.6 is 0 Å². The second-order valence-corrected chi connectivity index (χ2v) is 16.0. The molecule has 4 nitrogen and oxygen atoms in total. The predicted octanol–water partition coefficient (Wildman–Crippen LogP) is 14.6.